The lowest BCUT2D eigenvalue weighted by molar-refractivity contribution is 0.329. The van der Waals surface area contributed by atoms with Crippen LogP contribution in [0.1, 0.15) is 58.8 Å². The van der Waals surface area contributed by atoms with Gasteiger partial charge < -0.3 is 5.32 Å². The Kier molecular flexibility index (Phi) is 6.79. The average Bonchev–Trinajstić information content (AvgIpc) is 2.76. The highest BCUT2D eigenvalue weighted by atomic mass is 14.9. The number of hydrogen-bond acceptors (Lipinski definition) is 1. The standard InChI is InChI=1S/C15H29N/c1-4-7-8-9-15(16-6-3)14-11-10-13(5-2)12-14/h4,13-16H,1,5-12H2,2-3H3. The first-order valence-corrected chi connectivity index (χ1v) is 7.16. The SMILES string of the molecule is C=CCCCC(NCC)C1CCC(CC)C1. The van der Waals surface area contributed by atoms with E-state index < -0.39 is 0 Å². The lowest BCUT2D eigenvalue weighted by Crippen LogP contribution is -2.35. The van der Waals surface area contributed by atoms with E-state index in [4.69, 9.17) is 0 Å². The molecule has 3 atom stereocenters. The molecule has 1 N–H and O–H groups in total. The van der Waals surface area contributed by atoms with Gasteiger partial charge >= 0.3 is 0 Å². The topological polar surface area (TPSA) is 12.0 Å². The first kappa shape index (κ1) is 13.8. The van der Waals surface area contributed by atoms with Crippen LogP contribution in [0.4, 0.5) is 0 Å². The van der Waals surface area contributed by atoms with E-state index in [1.54, 1.807) is 0 Å². The van der Waals surface area contributed by atoms with E-state index in [2.05, 4.69) is 25.7 Å². The zero-order valence-corrected chi connectivity index (χ0v) is 11.2. The van der Waals surface area contributed by atoms with Crippen molar-refractivity contribution in [3.63, 3.8) is 0 Å². The molecular formula is C15H29N. The van der Waals surface area contributed by atoms with Gasteiger partial charge in [-0.25, -0.2) is 0 Å². The highest BCUT2D eigenvalue weighted by Crippen LogP contribution is 2.36. The second kappa shape index (κ2) is 7.89. The van der Waals surface area contributed by atoms with E-state index in [1.807, 2.05) is 6.08 Å². The van der Waals surface area contributed by atoms with Crippen molar-refractivity contribution in [1.29, 1.82) is 0 Å². The van der Waals surface area contributed by atoms with Crippen LogP contribution in [0.15, 0.2) is 12.7 Å². The number of unbranched alkanes of at least 4 members (excludes halogenated alkanes) is 1. The molecule has 1 aliphatic carbocycles. The van der Waals surface area contributed by atoms with Gasteiger partial charge in [0.2, 0.25) is 0 Å². The van der Waals surface area contributed by atoms with Gasteiger partial charge in [-0.1, -0.05) is 32.8 Å². The fourth-order valence-corrected chi connectivity index (χ4v) is 3.10. The maximum absolute atomic E-state index is 3.81. The Morgan fingerprint density at radius 2 is 2.19 bits per heavy atom. The monoisotopic (exact) mass is 223 g/mol. The molecule has 1 heteroatoms. The van der Waals surface area contributed by atoms with Gasteiger partial charge in [0, 0.05) is 6.04 Å². The number of hydrogen-bond donors (Lipinski definition) is 1. The molecule has 0 amide bonds. The van der Waals surface area contributed by atoms with Gasteiger partial charge in [-0.05, 0) is 50.5 Å². The molecule has 1 nitrogen and oxygen atoms in total. The minimum Gasteiger partial charge on any atom is -0.314 e. The molecule has 1 saturated carbocycles. The van der Waals surface area contributed by atoms with Crippen molar-refractivity contribution >= 4 is 0 Å². The molecule has 3 unspecified atom stereocenters. The van der Waals surface area contributed by atoms with E-state index in [9.17, 15) is 0 Å². The fraction of sp³-hybridized carbons (Fsp3) is 0.867. The van der Waals surface area contributed by atoms with Crippen LogP contribution in [-0.4, -0.2) is 12.6 Å². The van der Waals surface area contributed by atoms with Crippen molar-refractivity contribution in [3.8, 4) is 0 Å². The number of allylic oxidation sites excluding steroid dienone is 1. The minimum atomic E-state index is 0.765. The molecule has 1 rings (SSSR count). The Morgan fingerprint density at radius 1 is 1.38 bits per heavy atom. The second-order valence-electron chi connectivity index (χ2n) is 5.23. The molecule has 0 aromatic rings. The molecule has 16 heavy (non-hydrogen) atoms. The maximum atomic E-state index is 3.81. The largest absolute Gasteiger partial charge is 0.314 e. The summed E-state index contributed by atoms with van der Waals surface area (Å²) in [6, 6.07) is 0.765. The number of nitrogens with one attached hydrogen (secondary N) is 1. The minimum absolute atomic E-state index is 0.765. The normalized spacial score (nSPS) is 26.9. The molecule has 94 valence electrons. The summed E-state index contributed by atoms with van der Waals surface area (Å²) in [5.74, 6) is 1.94. The van der Waals surface area contributed by atoms with Crippen molar-refractivity contribution in [1.82, 2.24) is 5.32 Å². The molecule has 0 radical (unpaired) electrons. The van der Waals surface area contributed by atoms with Gasteiger partial charge in [0.1, 0.15) is 0 Å². The maximum Gasteiger partial charge on any atom is 0.00954 e. The van der Waals surface area contributed by atoms with Crippen LogP contribution in [0.25, 0.3) is 0 Å². The molecule has 1 aliphatic rings. The highest BCUT2D eigenvalue weighted by Gasteiger charge is 2.28. The number of rotatable bonds is 8. The quantitative estimate of drug-likeness (QED) is 0.481. The van der Waals surface area contributed by atoms with Gasteiger partial charge in [-0.2, -0.15) is 0 Å². The van der Waals surface area contributed by atoms with E-state index in [1.165, 1.54) is 44.9 Å². The molecule has 0 heterocycles. The zero-order chi connectivity index (χ0) is 11.8. The van der Waals surface area contributed by atoms with Gasteiger partial charge in [0.05, 0.1) is 0 Å². The van der Waals surface area contributed by atoms with Crippen molar-refractivity contribution < 1.29 is 0 Å². The second-order valence-corrected chi connectivity index (χ2v) is 5.23. The predicted octanol–water partition coefficient (Wildman–Crippen LogP) is 4.15. The van der Waals surface area contributed by atoms with Crippen molar-refractivity contribution in [2.45, 2.75) is 64.8 Å². The fourth-order valence-electron chi connectivity index (χ4n) is 3.10. The molecule has 0 spiro atoms. The third kappa shape index (κ3) is 4.29. The van der Waals surface area contributed by atoms with E-state index in [0.29, 0.717) is 0 Å². The van der Waals surface area contributed by atoms with Crippen molar-refractivity contribution in [2.24, 2.45) is 11.8 Å². The third-order valence-electron chi connectivity index (χ3n) is 4.12. The predicted molar refractivity (Wildman–Crippen MR) is 72.6 cm³/mol. The Balaban J connectivity index is 2.34. The summed E-state index contributed by atoms with van der Waals surface area (Å²) in [7, 11) is 0. The van der Waals surface area contributed by atoms with Crippen LogP contribution < -0.4 is 5.32 Å². The van der Waals surface area contributed by atoms with Crippen molar-refractivity contribution in [2.75, 3.05) is 6.54 Å². The van der Waals surface area contributed by atoms with Crippen LogP contribution in [0, 0.1) is 11.8 Å². The molecule has 0 aromatic heterocycles. The van der Waals surface area contributed by atoms with Gasteiger partial charge in [0.25, 0.3) is 0 Å². The zero-order valence-electron chi connectivity index (χ0n) is 11.2. The van der Waals surface area contributed by atoms with Crippen LogP contribution in [0.3, 0.4) is 0 Å². The van der Waals surface area contributed by atoms with E-state index in [-0.39, 0.29) is 0 Å². The lowest BCUT2D eigenvalue weighted by atomic mass is 9.92. The van der Waals surface area contributed by atoms with Gasteiger partial charge in [0.15, 0.2) is 0 Å². The summed E-state index contributed by atoms with van der Waals surface area (Å²) in [4.78, 5) is 0. The molecule has 0 saturated heterocycles. The molecular weight excluding hydrogens is 194 g/mol. The molecule has 0 aliphatic heterocycles. The Bertz CT molecular complexity index is 188. The van der Waals surface area contributed by atoms with E-state index in [0.717, 1.165) is 24.4 Å². The Morgan fingerprint density at radius 3 is 2.75 bits per heavy atom. The van der Waals surface area contributed by atoms with Gasteiger partial charge in [-0.3, -0.25) is 0 Å². The van der Waals surface area contributed by atoms with E-state index >= 15 is 0 Å². The van der Waals surface area contributed by atoms with Crippen LogP contribution in [0.5, 0.6) is 0 Å². The van der Waals surface area contributed by atoms with Crippen molar-refractivity contribution in [3.05, 3.63) is 12.7 Å². The summed E-state index contributed by atoms with van der Waals surface area (Å²) in [5, 5.41) is 3.69. The van der Waals surface area contributed by atoms with Crippen LogP contribution >= 0.6 is 0 Å². The molecule has 0 bridgehead atoms. The third-order valence-corrected chi connectivity index (χ3v) is 4.12. The summed E-state index contributed by atoms with van der Waals surface area (Å²) in [6.45, 7) is 9.49. The lowest BCUT2D eigenvalue weighted by Gasteiger charge is -2.24. The van der Waals surface area contributed by atoms with Gasteiger partial charge in [-0.15, -0.1) is 6.58 Å². The molecule has 0 aromatic carbocycles. The van der Waals surface area contributed by atoms with Crippen LogP contribution in [0.2, 0.25) is 0 Å². The Hall–Kier alpha value is -0.300. The average molecular weight is 223 g/mol. The molecule has 1 fully saturated rings. The summed E-state index contributed by atoms with van der Waals surface area (Å²) in [5.41, 5.74) is 0. The summed E-state index contributed by atoms with van der Waals surface area (Å²) in [6.07, 6.45) is 11.6. The van der Waals surface area contributed by atoms with Crippen LogP contribution in [-0.2, 0) is 0 Å². The highest BCUT2D eigenvalue weighted by molar-refractivity contribution is 4.84. The first-order chi connectivity index (χ1) is 7.81. The Labute approximate surface area is 102 Å². The first-order valence-electron chi connectivity index (χ1n) is 7.16. The summed E-state index contributed by atoms with van der Waals surface area (Å²) < 4.78 is 0. The summed E-state index contributed by atoms with van der Waals surface area (Å²) >= 11 is 0. The smallest absolute Gasteiger partial charge is 0.00954 e.